The zero-order chi connectivity index (χ0) is 18.4. The van der Waals surface area contributed by atoms with Gasteiger partial charge in [-0.3, -0.25) is 4.79 Å². The second kappa shape index (κ2) is 8.25. The summed E-state index contributed by atoms with van der Waals surface area (Å²) >= 11 is 0. The van der Waals surface area contributed by atoms with E-state index >= 15 is 0 Å². The molecule has 3 rings (SSSR count). The van der Waals surface area contributed by atoms with E-state index in [0.29, 0.717) is 36.0 Å². The van der Waals surface area contributed by atoms with E-state index in [2.05, 4.69) is 5.32 Å². The summed E-state index contributed by atoms with van der Waals surface area (Å²) in [5.74, 6) is 1.73. The lowest BCUT2D eigenvalue weighted by Crippen LogP contribution is -2.22. The molecule has 1 amide bonds. The molecule has 0 aliphatic heterocycles. The molecule has 2 aromatic carbocycles. The summed E-state index contributed by atoms with van der Waals surface area (Å²) in [7, 11) is 1.60. The second-order valence-electron chi connectivity index (χ2n) is 5.83. The molecule has 0 aliphatic rings. The summed E-state index contributed by atoms with van der Waals surface area (Å²) in [5.41, 5.74) is 2.55. The van der Waals surface area contributed by atoms with E-state index in [4.69, 9.17) is 13.9 Å². The molecule has 1 N–H and O–H groups in total. The van der Waals surface area contributed by atoms with Gasteiger partial charge < -0.3 is 19.2 Å². The Bertz CT molecular complexity index is 871. The van der Waals surface area contributed by atoms with Crippen LogP contribution in [0.25, 0.3) is 0 Å². The van der Waals surface area contributed by atoms with Crippen LogP contribution >= 0.6 is 0 Å². The molecule has 26 heavy (non-hydrogen) atoms. The first-order valence-corrected chi connectivity index (χ1v) is 8.33. The van der Waals surface area contributed by atoms with Gasteiger partial charge in [0.2, 0.25) is 0 Å². The van der Waals surface area contributed by atoms with E-state index in [1.807, 2.05) is 48.5 Å². The summed E-state index contributed by atoms with van der Waals surface area (Å²) in [4.78, 5) is 12.2. The van der Waals surface area contributed by atoms with E-state index < -0.39 is 0 Å². The molecule has 0 aliphatic carbocycles. The average Bonchev–Trinajstić information content (AvgIpc) is 3.11. The molecule has 0 atom stereocenters. The van der Waals surface area contributed by atoms with Gasteiger partial charge in [0.25, 0.3) is 5.91 Å². The number of hydrogen-bond acceptors (Lipinski definition) is 4. The minimum Gasteiger partial charge on any atom is -0.493 e. The molecule has 0 spiro atoms. The Balaban J connectivity index is 1.62. The predicted octanol–water partition coefficient (Wildman–Crippen LogP) is 4.11. The first-order valence-electron chi connectivity index (χ1n) is 8.33. The van der Waals surface area contributed by atoms with Crippen LogP contribution in [-0.4, -0.2) is 13.0 Å². The van der Waals surface area contributed by atoms with Crippen molar-refractivity contribution in [2.45, 2.75) is 20.1 Å². The summed E-state index contributed by atoms with van der Waals surface area (Å²) in [5, 5.41) is 2.88. The van der Waals surface area contributed by atoms with E-state index in [1.165, 1.54) is 6.26 Å². The third-order valence-corrected chi connectivity index (χ3v) is 4.02. The molecule has 0 fully saturated rings. The van der Waals surface area contributed by atoms with Gasteiger partial charge in [-0.05, 0) is 36.2 Å². The lowest BCUT2D eigenvalue weighted by molar-refractivity contribution is 0.0949. The highest BCUT2D eigenvalue weighted by molar-refractivity contribution is 5.94. The first kappa shape index (κ1) is 17.6. The molecule has 3 aromatic rings. The monoisotopic (exact) mass is 351 g/mol. The number of amides is 1. The molecule has 5 heteroatoms. The first-order chi connectivity index (χ1) is 12.7. The Hall–Kier alpha value is -3.21. The van der Waals surface area contributed by atoms with Crippen LogP contribution in [0.5, 0.6) is 11.5 Å². The highest BCUT2D eigenvalue weighted by Gasteiger charge is 2.12. The highest BCUT2D eigenvalue weighted by atomic mass is 16.5. The Labute approximate surface area is 152 Å². The van der Waals surface area contributed by atoms with Crippen LogP contribution < -0.4 is 14.8 Å². The summed E-state index contributed by atoms with van der Waals surface area (Å²) in [6.07, 6.45) is 1.51. The van der Waals surface area contributed by atoms with Gasteiger partial charge in [0.05, 0.1) is 18.9 Å². The fraction of sp³-hybridized carbons (Fsp3) is 0.190. The van der Waals surface area contributed by atoms with Gasteiger partial charge in [0, 0.05) is 6.54 Å². The summed E-state index contributed by atoms with van der Waals surface area (Å²) < 4.78 is 16.4. The number of hydrogen-bond donors (Lipinski definition) is 1. The molecule has 0 radical (unpaired) electrons. The van der Waals surface area contributed by atoms with Crippen molar-refractivity contribution in [1.82, 2.24) is 5.32 Å². The fourth-order valence-corrected chi connectivity index (χ4v) is 2.57. The molecular weight excluding hydrogens is 330 g/mol. The van der Waals surface area contributed by atoms with Gasteiger partial charge in [0.1, 0.15) is 12.4 Å². The van der Waals surface area contributed by atoms with Crippen LogP contribution in [0.1, 0.15) is 27.2 Å². The third-order valence-electron chi connectivity index (χ3n) is 4.02. The number of carbonyl (C=O) groups excluding carboxylic acids is 1. The maximum Gasteiger partial charge on any atom is 0.255 e. The van der Waals surface area contributed by atoms with Crippen LogP contribution in [0.2, 0.25) is 0 Å². The fourth-order valence-electron chi connectivity index (χ4n) is 2.57. The number of carbonyl (C=O) groups is 1. The number of rotatable bonds is 7. The number of aryl methyl sites for hydroxylation is 1. The van der Waals surface area contributed by atoms with Gasteiger partial charge in [0.15, 0.2) is 11.5 Å². The Morgan fingerprint density at radius 2 is 1.85 bits per heavy atom. The van der Waals surface area contributed by atoms with Crippen molar-refractivity contribution in [3.8, 4) is 11.5 Å². The summed E-state index contributed by atoms with van der Waals surface area (Å²) in [6.45, 7) is 2.61. The van der Waals surface area contributed by atoms with E-state index in [-0.39, 0.29) is 5.91 Å². The topological polar surface area (TPSA) is 60.7 Å². The standard InChI is InChI=1S/C21H21NO4/c1-15-18(10-11-25-15)21(23)22-13-17-8-9-19(20(12-17)24-2)26-14-16-6-4-3-5-7-16/h3-12H,13-14H2,1-2H3,(H,22,23). The molecule has 0 bridgehead atoms. The molecule has 1 heterocycles. The van der Waals surface area contributed by atoms with E-state index in [9.17, 15) is 4.79 Å². The van der Waals surface area contributed by atoms with Crippen LogP contribution in [0.3, 0.4) is 0 Å². The minimum atomic E-state index is -0.167. The third kappa shape index (κ3) is 4.25. The molecule has 0 saturated heterocycles. The molecule has 0 saturated carbocycles. The van der Waals surface area contributed by atoms with Gasteiger partial charge in [-0.15, -0.1) is 0 Å². The normalized spacial score (nSPS) is 10.4. The van der Waals surface area contributed by atoms with E-state index in [0.717, 1.165) is 11.1 Å². The molecule has 1 aromatic heterocycles. The SMILES string of the molecule is COc1cc(CNC(=O)c2ccoc2C)ccc1OCc1ccccc1. The van der Waals surface area contributed by atoms with Gasteiger partial charge in [-0.25, -0.2) is 0 Å². The number of nitrogens with one attached hydrogen (secondary N) is 1. The number of furan rings is 1. The molecular formula is C21H21NO4. The number of benzene rings is 2. The van der Waals surface area contributed by atoms with Crippen LogP contribution in [-0.2, 0) is 13.2 Å². The van der Waals surface area contributed by atoms with Crippen molar-refractivity contribution < 1.29 is 18.7 Å². The van der Waals surface area contributed by atoms with Crippen molar-refractivity contribution in [2.24, 2.45) is 0 Å². The quantitative estimate of drug-likeness (QED) is 0.696. The highest BCUT2D eigenvalue weighted by Crippen LogP contribution is 2.29. The largest absolute Gasteiger partial charge is 0.493 e. The minimum absolute atomic E-state index is 0.167. The Morgan fingerprint density at radius 3 is 2.54 bits per heavy atom. The van der Waals surface area contributed by atoms with E-state index in [1.54, 1.807) is 20.1 Å². The lowest BCUT2D eigenvalue weighted by Gasteiger charge is -2.13. The lowest BCUT2D eigenvalue weighted by atomic mass is 10.2. The van der Waals surface area contributed by atoms with Gasteiger partial charge in [-0.1, -0.05) is 36.4 Å². The van der Waals surface area contributed by atoms with Gasteiger partial charge >= 0.3 is 0 Å². The zero-order valence-electron chi connectivity index (χ0n) is 14.8. The Morgan fingerprint density at radius 1 is 1.04 bits per heavy atom. The van der Waals surface area contributed by atoms with Crippen molar-refractivity contribution in [3.63, 3.8) is 0 Å². The number of methoxy groups -OCH3 is 1. The van der Waals surface area contributed by atoms with Crippen LogP contribution in [0.4, 0.5) is 0 Å². The predicted molar refractivity (Wildman–Crippen MR) is 98.4 cm³/mol. The summed E-state index contributed by atoms with van der Waals surface area (Å²) in [6, 6.07) is 17.2. The zero-order valence-corrected chi connectivity index (χ0v) is 14.8. The van der Waals surface area contributed by atoms with Crippen molar-refractivity contribution in [2.75, 3.05) is 7.11 Å². The second-order valence-corrected chi connectivity index (χ2v) is 5.83. The van der Waals surface area contributed by atoms with Crippen molar-refractivity contribution >= 4 is 5.91 Å². The van der Waals surface area contributed by atoms with Crippen molar-refractivity contribution in [3.05, 3.63) is 83.3 Å². The Kier molecular flexibility index (Phi) is 5.59. The molecule has 134 valence electrons. The number of ether oxygens (including phenoxy) is 2. The molecule has 5 nitrogen and oxygen atoms in total. The molecule has 0 unspecified atom stereocenters. The van der Waals surface area contributed by atoms with Crippen LogP contribution in [0.15, 0.2) is 65.3 Å². The maximum atomic E-state index is 12.2. The average molecular weight is 351 g/mol. The maximum absolute atomic E-state index is 12.2. The van der Waals surface area contributed by atoms with Crippen LogP contribution in [0, 0.1) is 6.92 Å². The van der Waals surface area contributed by atoms with Crippen molar-refractivity contribution in [1.29, 1.82) is 0 Å². The smallest absolute Gasteiger partial charge is 0.255 e. The van der Waals surface area contributed by atoms with Gasteiger partial charge in [-0.2, -0.15) is 0 Å².